The number of hydrogen-bond donors (Lipinski definition) is 2. The van der Waals surface area contributed by atoms with Crippen LogP contribution in [0.25, 0.3) is 0 Å². The maximum absolute atomic E-state index is 10.3. The van der Waals surface area contributed by atoms with Crippen LogP contribution in [0.2, 0.25) is 0 Å². The van der Waals surface area contributed by atoms with Crippen LogP contribution in [-0.2, 0) is 4.79 Å². The maximum atomic E-state index is 10.3. The molecular formula is C18H36O3. The second-order valence-electron chi connectivity index (χ2n) is 6.17. The summed E-state index contributed by atoms with van der Waals surface area (Å²) in [6, 6.07) is 0. The van der Waals surface area contributed by atoms with E-state index in [1.165, 1.54) is 77.0 Å². The first-order valence-electron chi connectivity index (χ1n) is 9.10. The molecule has 0 aromatic carbocycles. The van der Waals surface area contributed by atoms with Crippen molar-refractivity contribution >= 4 is 5.97 Å². The van der Waals surface area contributed by atoms with E-state index in [1.807, 2.05) is 0 Å². The predicted octanol–water partition coefficient (Wildman–Crippen LogP) is 5.30. The summed E-state index contributed by atoms with van der Waals surface area (Å²) in [5, 5.41) is 17.2. The summed E-state index contributed by atoms with van der Waals surface area (Å²) in [5.41, 5.74) is 0. The van der Waals surface area contributed by atoms with E-state index >= 15 is 0 Å². The van der Waals surface area contributed by atoms with Crippen molar-refractivity contribution < 1.29 is 15.0 Å². The quantitative estimate of drug-likeness (QED) is 0.358. The number of hydrogen-bond acceptors (Lipinski definition) is 2. The second kappa shape index (κ2) is 17.5. The molecule has 0 aliphatic rings. The van der Waals surface area contributed by atoms with Crippen LogP contribution < -0.4 is 0 Å². The standard InChI is InChI=1S/C18H36O3/c19-17-15-13-11-9-7-5-3-1-2-4-6-8-10-12-14-16-18(20)21/h19H,1-17H2,(H,20,21). The van der Waals surface area contributed by atoms with Gasteiger partial charge in [-0.3, -0.25) is 4.79 Å². The number of aliphatic hydroxyl groups excluding tert-OH is 1. The number of carboxylic acid groups (broad SMARTS) is 1. The highest BCUT2D eigenvalue weighted by atomic mass is 16.4. The van der Waals surface area contributed by atoms with Crippen LogP contribution in [0.3, 0.4) is 0 Å². The molecule has 0 unspecified atom stereocenters. The molecule has 126 valence electrons. The molecule has 0 radical (unpaired) electrons. The fourth-order valence-electron chi connectivity index (χ4n) is 2.69. The average molecular weight is 300 g/mol. The van der Waals surface area contributed by atoms with Crippen molar-refractivity contribution in [1.29, 1.82) is 0 Å². The van der Waals surface area contributed by atoms with Crippen LogP contribution in [-0.4, -0.2) is 22.8 Å². The lowest BCUT2D eigenvalue weighted by Gasteiger charge is -2.03. The maximum Gasteiger partial charge on any atom is 0.303 e. The van der Waals surface area contributed by atoms with Crippen molar-refractivity contribution in [3.63, 3.8) is 0 Å². The minimum absolute atomic E-state index is 0.333. The summed E-state index contributed by atoms with van der Waals surface area (Å²) in [7, 11) is 0. The van der Waals surface area contributed by atoms with Gasteiger partial charge in [0.25, 0.3) is 0 Å². The third kappa shape index (κ3) is 19.4. The Morgan fingerprint density at radius 1 is 0.524 bits per heavy atom. The summed E-state index contributed by atoms with van der Waals surface area (Å²) in [4.78, 5) is 10.3. The van der Waals surface area contributed by atoms with Crippen molar-refractivity contribution in [1.82, 2.24) is 0 Å². The molecule has 0 aliphatic heterocycles. The van der Waals surface area contributed by atoms with Crippen LogP contribution in [0.1, 0.15) is 103 Å². The monoisotopic (exact) mass is 300 g/mol. The zero-order chi connectivity index (χ0) is 15.6. The number of carbonyl (C=O) groups is 1. The highest BCUT2D eigenvalue weighted by Gasteiger charge is 1.97. The smallest absolute Gasteiger partial charge is 0.303 e. The van der Waals surface area contributed by atoms with Gasteiger partial charge in [0.2, 0.25) is 0 Å². The van der Waals surface area contributed by atoms with Crippen molar-refractivity contribution in [2.75, 3.05) is 6.61 Å². The molecule has 0 amide bonds. The number of aliphatic carboxylic acids is 1. The van der Waals surface area contributed by atoms with Gasteiger partial charge in [0.15, 0.2) is 0 Å². The first-order valence-corrected chi connectivity index (χ1v) is 9.10. The molecule has 0 rings (SSSR count). The molecular weight excluding hydrogens is 264 g/mol. The topological polar surface area (TPSA) is 57.5 Å². The molecule has 0 aliphatic carbocycles. The minimum atomic E-state index is -0.664. The number of rotatable bonds is 17. The van der Waals surface area contributed by atoms with E-state index < -0.39 is 5.97 Å². The van der Waals surface area contributed by atoms with Crippen LogP contribution in [0.4, 0.5) is 0 Å². The lowest BCUT2D eigenvalue weighted by atomic mass is 10.0. The van der Waals surface area contributed by atoms with E-state index in [4.69, 9.17) is 10.2 Å². The summed E-state index contributed by atoms with van der Waals surface area (Å²) >= 11 is 0. The van der Waals surface area contributed by atoms with Crippen LogP contribution in [0.5, 0.6) is 0 Å². The normalized spacial score (nSPS) is 10.9. The van der Waals surface area contributed by atoms with Crippen LogP contribution >= 0.6 is 0 Å². The minimum Gasteiger partial charge on any atom is -0.481 e. The molecule has 0 heterocycles. The summed E-state index contributed by atoms with van der Waals surface area (Å²) in [6.45, 7) is 0.347. The van der Waals surface area contributed by atoms with Crippen molar-refractivity contribution in [3.8, 4) is 0 Å². The molecule has 0 saturated heterocycles. The van der Waals surface area contributed by atoms with Gasteiger partial charge in [0, 0.05) is 13.0 Å². The van der Waals surface area contributed by atoms with E-state index in [0.29, 0.717) is 13.0 Å². The summed E-state index contributed by atoms with van der Waals surface area (Å²) in [6.07, 6.45) is 19.0. The lowest BCUT2D eigenvalue weighted by molar-refractivity contribution is -0.137. The highest BCUT2D eigenvalue weighted by molar-refractivity contribution is 5.66. The van der Waals surface area contributed by atoms with Crippen molar-refractivity contribution in [2.45, 2.75) is 103 Å². The molecule has 0 saturated carbocycles. The first-order chi connectivity index (χ1) is 10.3. The number of carboxylic acids is 1. The summed E-state index contributed by atoms with van der Waals surface area (Å²) < 4.78 is 0. The largest absolute Gasteiger partial charge is 0.481 e. The predicted molar refractivity (Wildman–Crippen MR) is 88.6 cm³/mol. The second-order valence-corrected chi connectivity index (χ2v) is 6.17. The lowest BCUT2D eigenvalue weighted by Crippen LogP contribution is -1.93. The van der Waals surface area contributed by atoms with Crippen molar-refractivity contribution in [2.24, 2.45) is 0 Å². The van der Waals surface area contributed by atoms with E-state index in [1.54, 1.807) is 0 Å². The highest BCUT2D eigenvalue weighted by Crippen LogP contribution is 2.13. The molecule has 0 aromatic rings. The zero-order valence-corrected chi connectivity index (χ0v) is 13.8. The Morgan fingerprint density at radius 3 is 1.10 bits per heavy atom. The molecule has 3 nitrogen and oxygen atoms in total. The van der Waals surface area contributed by atoms with Gasteiger partial charge in [-0.2, -0.15) is 0 Å². The molecule has 0 bridgehead atoms. The van der Waals surface area contributed by atoms with E-state index in [9.17, 15) is 4.79 Å². The van der Waals surface area contributed by atoms with Crippen molar-refractivity contribution in [3.05, 3.63) is 0 Å². The molecule has 0 spiro atoms. The Hall–Kier alpha value is -0.570. The zero-order valence-electron chi connectivity index (χ0n) is 13.8. The fraction of sp³-hybridized carbons (Fsp3) is 0.944. The molecule has 0 atom stereocenters. The van der Waals surface area contributed by atoms with Gasteiger partial charge >= 0.3 is 5.97 Å². The van der Waals surface area contributed by atoms with Gasteiger partial charge in [0.1, 0.15) is 0 Å². The van der Waals surface area contributed by atoms with E-state index in [0.717, 1.165) is 19.3 Å². The molecule has 3 heteroatoms. The third-order valence-electron chi connectivity index (χ3n) is 4.05. The first kappa shape index (κ1) is 20.4. The molecule has 21 heavy (non-hydrogen) atoms. The average Bonchev–Trinajstić information content (AvgIpc) is 2.46. The Morgan fingerprint density at radius 2 is 0.810 bits per heavy atom. The SMILES string of the molecule is O=C(O)CCCCCCCCCCCCCCCCCO. The fourth-order valence-corrected chi connectivity index (χ4v) is 2.69. The van der Waals surface area contributed by atoms with Gasteiger partial charge in [-0.1, -0.05) is 83.5 Å². The van der Waals surface area contributed by atoms with Crippen LogP contribution in [0.15, 0.2) is 0 Å². The van der Waals surface area contributed by atoms with E-state index in [2.05, 4.69) is 0 Å². The van der Waals surface area contributed by atoms with E-state index in [-0.39, 0.29) is 0 Å². The Labute approximate surface area is 131 Å². The number of unbranched alkanes of at least 4 members (excludes halogenated alkanes) is 14. The van der Waals surface area contributed by atoms with Gasteiger partial charge in [-0.25, -0.2) is 0 Å². The molecule has 0 aromatic heterocycles. The van der Waals surface area contributed by atoms with Gasteiger partial charge in [-0.15, -0.1) is 0 Å². The summed E-state index contributed by atoms with van der Waals surface area (Å²) in [5.74, 6) is -0.664. The molecule has 2 N–H and O–H groups in total. The van der Waals surface area contributed by atoms with Crippen LogP contribution in [0, 0.1) is 0 Å². The Bertz CT molecular complexity index is 217. The Kier molecular flexibility index (Phi) is 17.0. The molecule has 0 fully saturated rings. The Balaban J connectivity index is 2.95. The van der Waals surface area contributed by atoms with Gasteiger partial charge in [0.05, 0.1) is 0 Å². The van der Waals surface area contributed by atoms with Gasteiger partial charge in [-0.05, 0) is 12.8 Å². The third-order valence-corrected chi connectivity index (χ3v) is 4.05. The number of aliphatic hydroxyl groups is 1. The van der Waals surface area contributed by atoms with Gasteiger partial charge < -0.3 is 10.2 Å².